The molecule has 0 saturated carbocycles. The van der Waals surface area contributed by atoms with E-state index in [1.165, 1.54) is 12.1 Å². The first kappa shape index (κ1) is 23.4. The number of nitrogens with zero attached hydrogens (tertiary/aromatic N) is 2. The van der Waals surface area contributed by atoms with Gasteiger partial charge in [0.2, 0.25) is 0 Å². The zero-order valence-corrected chi connectivity index (χ0v) is 19.6. The summed E-state index contributed by atoms with van der Waals surface area (Å²) in [6.07, 6.45) is 0. The third-order valence-electron chi connectivity index (χ3n) is 5.78. The van der Waals surface area contributed by atoms with E-state index in [1.807, 2.05) is 49.4 Å². The number of anilines is 2. The molecule has 1 fully saturated rings. The number of amides is 2. The van der Waals surface area contributed by atoms with E-state index in [-0.39, 0.29) is 22.5 Å². The molecule has 1 aliphatic heterocycles. The van der Waals surface area contributed by atoms with Gasteiger partial charge in [-0.25, -0.2) is 4.39 Å². The van der Waals surface area contributed by atoms with E-state index in [4.69, 9.17) is 12.2 Å². The summed E-state index contributed by atoms with van der Waals surface area (Å²) in [5.41, 5.74) is 3.33. The second-order valence-electron chi connectivity index (χ2n) is 8.03. The molecule has 8 heteroatoms. The van der Waals surface area contributed by atoms with Crippen LogP contribution in [0, 0.1) is 12.7 Å². The van der Waals surface area contributed by atoms with E-state index in [9.17, 15) is 14.0 Å². The minimum atomic E-state index is -0.494. The van der Waals surface area contributed by atoms with E-state index >= 15 is 0 Å². The quantitative estimate of drug-likeness (QED) is 0.552. The molecular formula is C26H25FN4O2S. The SMILES string of the molecule is Cc1ccccc1C(=O)NC(=S)Nc1ccc(N2CCN(C(=O)c3ccccc3F)CC2)cc1. The molecule has 3 aromatic rings. The molecule has 0 atom stereocenters. The Morgan fingerprint density at radius 3 is 2.12 bits per heavy atom. The Morgan fingerprint density at radius 2 is 1.47 bits per heavy atom. The van der Waals surface area contributed by atoms with Gasteiger partial charge < -0.3 is 15.1 Å². The van der Waals surface area contributed by atoms with Crippen LogP contribution in [0.25, 0.3) is 0 Å². The number of hydrogen-bond acceptors (Lipinski definition) is 4. The summed E-state index contributed by atoms with van der Waals surface area (Å²) in [6.45, 7) is 4.21. The fraction of sp³-hybridized carbons (Fsp3) is 0.192. The first-order chi connectivity index (χ1) is 16.4. The van der Waals surface area contributed by atoms with Gasteiger partial charge in [-0.05, 0) is 67.2 Å². The minimum Gasteiger partial charge on any atom is -0.368 e. The van der Waals surface area contributed by atoms with Crippen LogP contribution in [0.1, 0.15) is 26.3 Å². The number of halogens is 1. The van der Waals surface area contributed by atoms with Crippen LogP contribution in [0.15, 0.2) is 72.8 Å². The van der Waals surface area contributed by atoms with Crippen molar-refractivity contribution in [3.63, 3.8) is 0 Å². The standard InChI is InChI=1S/C26H25FN4O2S/c1-18-6-2-3-7-21(18)24(32)29-26(34)28-19-10-12-20(13-11-19)30-14-16-31(17-15-30)25(33)22-8-4-5-9-23(22)27/h2-13H,14-17H2,1H3,(H2,28,29,32,34). The predicted molar refractivity (Wildman–Crippen MR) is 136 cm³/mol. The number of nitrogens with one attached hydrogen (secondary N) is 2. The van der Waals surface area contributed by atoms with Crippen LogP contribution < -0.4 is 15.5 Å². The van der Waals surface area contributed by atoms with Gasteiger partial charge in [-0.15, -0.1) is 0 Å². The number of hydrogen-bond donors (Lipinski definition) is 2. The molecular weight excluding hydrogens is 451 g/mol. The summed E-state index contributed by atoms with van der Waals surface area (Å²) in [7, 11) is 0. The van der Waals surface area contributed by atoms with Gasteiger partial charge in [-0.3, -0.25) is 14.9 Å². The highest BCUT2D eigenvalue weighted by molar-refractivity contribution is 7.80. The number of carbonyl (C=O) groups excluding carboxylic acids is 2. The second kappa shape index (κ2) is 10.4. The van der Waals surface area contributed by atoms with Crippen LogP contribution in [0.5, 0.6) is 0 Å². The van der Waals surface area contributed by atoms with E-state index < -0.39 is 5.82 Å². The average molecular weight is 477 g/mol. The molecule has 6 nitrogen and oxygen atoms in total. The van der Waals surface area contributed by atoms with Gasteiger partial charge in [0.1, 0.15) is 5.82 Å². The summed E-state index contributed by atoms with van der Waals surface area (Å²) in [4.78, 5) is 28.9. The predicted octanol–water partition coefficient (Wildman–Crippen LogP) is 4.22. The Balaban J connectivity index is 1.30. The Hall–Kier alpha value is -3.78. The average Bonchev–Trinajstić information content (AvgIpc) is 2.85. The van der Waals surface area contributed by atoms with Gasteiger partial charge in [0, 0.05) is 43.1 Å². The van der Waals surface area contributed by atoms with Gasteiger partial charge in [0.25, 0.3) is 11.8 Å². The molecule has 1 saturated heterocycles. The largest absolute Gasteiger partial charge is 0.368 e. The van der Waals surface area contributed by atoms with Crippen molar-refractivity contribution in [2.24, 2.45) is 0 Å². The van der Waals surface area contributed by atoms with Crippen LogP contribution in [0.2, 0.25) is 0 Å². The number of carbonyl (C=O) groups is 2. The van der Waals surface area contributed by atoms with E-state index in [1.54, 1.807) is 23.1 Å². The van der Waals surface area contributed by atoms with Crippen LogP contribution in [0.3, 0.4) is 0 Å². The monoisotopic (exact) mass is 476 g/mol. The summed E-state index contributed by atoms with van der Waals surface area (Å²) in [6, 6.07) is 21.1. The van der Waals surface area contributed by atoms with Gasteiger partial charge >= 0.3 is 0 Å². The Labute approximate surface area is 203 Å². The fourth-order valence-corrected chi connectivity index (χ4v) is 4.10. The number of rotatable bonds is 4. The lowest BCUT2D eigenvalue weighted by Gasteiger charge is -2.36. The van der Waals surface area contributed by atoms with Crippen molar-refractivity contribution >= 4 is 40.5 Å². The molecule has 0 aromatic heterocycles. The van der Waals surface area contributed by atoms with Gasteiger partial charge in [-0.1, -0.05) is 30.3 Å². The van der Waals surface area contributed by atoms with E-state index in [0.29, 0.717) is 31.7 Å². The van der Waals surface area contributed by atoms with Crippen molar-refractivity contribution in [3.8, 4) is 0 Å². The fourth-order valence-electron chi connectivity index (χ4n) is 3.89. The Bertz CT molecular complexity index is 1210. The van der Waals surface area contributed by atoms with Gasteiger partial charge in [0.15, 0.2) is 5.11 Å². The lowest BCUT2D eigenvalue weighted by atomic mass is 10.1. The molecule has 1 aliphatic rings. The maximum absolute atomic E-state index is 13.9. The first-order valence-corrected chi connectivity index (χ1v) is 11.4. The van der Waals surface area contributed by atoms with Crippen LogP contribution in [-0.4, -0.2) is 48.0 Å². The number of benzene rings is 3. The third-order valence-corrected chi connectivity index (χ3v) is 5.98. The van der Waals surface area contributed by atoms with Crippen molar-refractivity contribution in [3.05, 3.63) is 95.3 Å². The van der Waals surface area contributed by atoms with Crippen molar-refractivity contribution in [1.29, 1.82) is 0 Å². The first-order valence-electron chi connectivity index (χ1n) is 11.0. The van der Waals surface area contributed by atoms with Crippen molar-refractivity contribution in [2.45, 2.75) is 6.92 Å². The molecule has 0 aliphatic carbocycles. The van der Waals surface area contributed by atoms with Gasteiger partial charge in [0.05, 0.1) is 5.56 Å². The molecule has 2 amide bonds. The minimum absolute atomic E-state index is 0.108. The van der Waals surface area contributed by atoms with Crippen molar-refractivity contribution in [1.82, 2.24) is 10.2 Å². The lowest BCUT2D eigenvalue weighted by molar-refractivity contribution is 0.0742. The normalized spacial score (nSPS) is 13.4. The van der Waals surface area contributed by atoms with Gasteiger partial charge in [-0.2, -0.15) is 0 Å². The molecule has 2 N–H and O–H groups in total. The maximum atomic E-state index is 13.9. The summed E-state index contributed by atoms with van der Waals surface area (Å²) in [5.74, 6) is -1.03. The van der Waals surface area contributed by atoms with Crippen LogP contribution >= 0.6 is 12.2 Å². The summed E-state index contributed by atoms with van der Waals surface area (Å²) >= 11 is 5.28. The molecule has 174 valence electrons. The van der Waals surface area contributed by atoms with E-state index in [0.717, 1.165) is 16.9 Å². The molecule has 0 unspecified atom stereocenters. The summed E-state index contributed by atoms with van der Waals surface area (Å²) in [5, 5.41) is 5.96. The topological polar surface area (TPSA) is 64.7 Å². The van der Waals surface area contributed by atoms with Crippen molar-refractivity contribution < 1.29 is 14.0 Å². The molecule has 1 heterocycles. The highest BCUT2D eigenvalue weighted by atomic mass is 32.1. The molecule has 3 aromatic carbocycles. The van der Waals surface area contributed by atoms with Crippen LogP contribution in [-0.2, 0) is 0 Å². The number of piperazine rings is 1. The number of thiocarbonyl (C=S) groups is 1. The highest BCUT2D eigenvalue weighted by Crippen LogP contribution is 2.21. The van der Waals surface area contributed by atoms with E-state index in [2.05, 4.69) is 15.5 Å². The smallest absolute Gasteiger partial charge is 0.257 e. The molecule has 0 spiro atoms. The zero-order chi connectivity index (χ0) is 24.1. The Morgan fingerprint density at radius 1 is 0.853 bits per heavy atom. The lowest BCUT2D eigenvalue weighted by Crippen LogP contribution is -2.49. The number of aryl methyl sites for hydroxylation is 1. The van der Waals surface area contributed by atoms with Crippen LogP contribution in [0.4, 0.5) is 15.8 Å². The highest BCUT2D eigenvalue weighted by Gasteiger charge is 2.24. The summed E-state index contributed by atoms with van der Waals surface area (Å²) < 4.78 is 13.9. The maximum Gasteiger partial charge on any atom is 0.257 e. The molecule has 0 bridgehead atoms. The second-order valence-corrected chi connectivity index (χ2v) is 8.44. The Kier molecular flexibility index (Phi) is 7.18. The molecule has 4 rings (SSSR count). The molecule has 34 heavy (non-hydrogen) atoms. The third kappa shape index (κ3) is 5.40. The molecule has 0 radical (unpaired) electrons. The van der Waals surface area contributed by atoms with Crippen molar-refractivity contribution in [2.75, 3.05) is 36.4 Å². The zero-order valence-electron chi connectivity index (χ0n) is 18.8.